The number of carbonyl (C=O) groups excluding carboxylic acids is 1. The molecule has 2 aliphatic rings. The Morgan fingerprint density at radius 3 is 2.67 bits per heavy atom. The van der Waals surface area contributed by atoms with Gasteiger partial charge in [-0.05, 0) is 50.0 Å². The molecule has 6 rings (SSSR count). The number of halogens is 2. The lowest BCUT2D eigenvalue weighted by molar-refractivity contribution is -0.128. The van der Waals surface area contributed by atoms with Crippen LogP contribution in [0.4, 0.5) is 14.5 Å². The first-order chi connectivity index (χ1) is 20.9. The van der Waals surface area contributed by atoms with Crippen LogP contribution in [-0.2, 0) is 4.79 Å². The molecule has 0 radical (unpaired) electrons. The predicted molar refractivity (Wildman–Crippen MR) is 162 cm³/mol. The number of hydrogen-bond acceptors (Lipinski definition) is 7. The molecule has 2 fully saturated rings. The summed E-state index contributed by atoms with van der Waals surface area (Å²) in [6.45, 7) is 6.21. The quantitative estimate of drug-likeness (QED) is 0.273. The van der Waals surface area contributed by atoms with Crippen LogP contribution in [0.5, 0.6) is 5.88 Å². The maximum atomic E-state index is 15.9. The summed E-state index contributed by atoms with van der Waals surface area (Å²) in [6.07, 6.45) is 3.51. The van der Waals surface area contributed by atoms with Crippen molar-refractivity contribution in [3.63, 3.8) is 0 Å². The number of nitriles is 1. The van der Waals surface area contributed by atoms with E-state index in [1.165, 1.54) is 18.2 Å². The number of likely N-dealkylation sites (N-methyl/N-ethyl adjacent to an activating group) is 1. The van der Waals surface area contributed by atoms with E-state index in [9.17, 15) is 14.4 Å². The van der Waals surface area contributed by atoms with Crippen LogP contribution in [0.15, 0.2) is 61.2 Å². The van der Waals surface area contributed by atoms with Gasteiger partial charge in [0.15, 0.2) is 5.65 Å². The van der Waals surface area contributed by atoms with Gasteiger partial charge in [0, 0.05) is 48.1 Å². The van der Waals surface area contributed by atoms with Crippen LogP contribution in [0.3, 0.4) is 0 Å². The molecule has 8 nitrogen and oxygen atoms in total. The Morgan fingerprint density at radius 2 is 1.93 bits per heavy atom. The maximum Gasteiger partial charge on any atom is 0.246 e. The summed E-state index contributed by atoms with van der Waals surface area (Å²) in [5.41, 5.74) is 1.25. The minimum absolute atomic E-state index is 0.00178. The molecule has 2 aromatic heterocycles. The van der Waals surface area contributed by atoms with E-state index in [0.717, 1.165) is 19.4 Å². The number of ether oxygens (including phenoxy) is 1. The van der Waals surface area contributed by atoms with Gasteiger partial charge >= 0.3 is 0 Å². The maximum absolute atomic E-state index is 15.9. The third-order valence-electron chi connectivity index (χ3n) is 8.52. The number of fused-ring (bicyclic) bond motifs is 2. The summed E-state index contributed by atoms with van der Waals surface area (Å²) < 4.78 is 37.1. The second-order valence-electron chi connectivity index (χ2n) is 11.1. The molecule has 43 heavy (non-hydrogen) atoms. The number of carbonyl (C=O) groups is 1. The van der Waals surface area contributed by atoms with Gasteiger partial charge in [-0.15, -0.1) is 0 Å². The van der Waals surface area contributed by atoms with Gasteiger partial charge in [-0.3, -0.25) is 4.79 Å². The number of pyridine rings is 2. The van der Waals surface area contributed by atoms with E-state index >= 15 is 4.39 Å². The smallest absolute Gasteiger partial charge is 0.246 e. The van der Waals surface area contributed by atoms with Gasteiger partial charge < -0.3 is 19.4 Å². The van der Waals surface area contributed by atoms with Gasteiger partial charge in [0.1, 0.15) is 23.9 Å². The first kappa shape index (κ1) is 28.5. The van der Waals surface area contributed by atoms with Crippen molar-refractivity contribution in [1.29, 1.82) is 5.26 Å². The first-order valence-electron chi connectivity index (χ1n) is 14.4. The highest BCUT2D eigenvalue weighted by atomic mass is 19.1. The van der Waals surface area contributed by atoms with E-state index in [-0.39, 0.29) is 41.1 Å². The Kier molecular flexibility index (Phi) is 7.91. The Hall–Kier alpha value is -4.62. The molecule has 1 amide bonds. The monoisotopic (exact) mass is 582 g/mol. The fraction of sp³-hybridized carbons (Fsp3) is 0.333. The normalized spacial score (nSPS) is 19.1. The summed E-state index contributed by atoms with van der Waals surface area (Å²) in [4.78, 5) is 27.8. The molecular formula is C33H32F2N6O2. The average molecular weight is 583 g/mol. The van der Waals surface area contributed by atoms with E-state index in [2.05, 4.69) is 34.6 Å². The van der Waals surface area contributed by atoms with Crippen molar-refractivity contribution in [2.75, 3.05) is 44.7 Å². The second-order valence-corrected chi connectivity index (χ2v) is 11.1. The molecule has 220 valence electrons. The summed E-state index contributed by atoms with van der Waals surface area (Å²) >= 11 is 0. The number of anilines is 1. The lowest BCUT2D eigenvalue weighted by atomic mass is 10.0. The van der Waals surface area contributed by atoms with Gasteiger partial charge in [-0.25, -0.2) is 13.8 Å². The van der Waals surface area contributed by atoms with Crippen molar-refractivity contribution in [1.82, 2.24) is 19.8 Å². The SMILES string of the molecule is C=CC(=O)N1CCN(c2cc(OC[C@@H]3CCCN3C)nc3nc(-c4cccc5cccc(F)c45)c(F)cc23)C[C@@H]1CC#N. The van der Waals surface area contributed by atoms with E-state index in [1.807, 2.05) is 4.90 Å². The number of aromatic nitrogens is 2. The summed E-state index contributed by atoms with van der Waals surface area (Å²) in [7, 11) is 2.07. The van der Waals surface area contributed by atoms with Gasteiger partial charge in [-0.1, -0.05) is 36.9 Å². The lowest BCUT2D eigenvalue weighted by Gasteiger charge is -2.41. The molecular weight excluding hydrogens is 550 g/mol. The van der Waals surface area contributed by atoms with Crippen molar-refractivity contribution >= 4 is 33.4 Å². The highest BCUT2D eigenvalue weighted by Gasteiger charge is 2.31. The van der Waals surface area contributed by atoms with Crippen LogP contribution >= 0.6 is 0 Å². The largest absolute Gasteiger partial charge is 0.476 e. The van der Waals surface area contributed by atoms with Gasteiger partial charge in [0.05, 0.1) is 24.2 Å². The number of likely N-dealkylation sites (tertiary alicyclic amines) is 1. The number of rotatable bonds is 7. The van der Waals surface area contributed by atoms with Gasteiger partial charge in [0.25, 0.3) is 0 Å². The first-order valence-corrected chi connectivity index (χ1v) is 14.4. The Balaban J connectivity index is 1.45. The molecule has 2 saturated heterocycles. The number of amides is 1. The fourth-order valence-electron chi connectivity index (χ4n) is 6.23. The van der Waals surface area contributed by atoms with E-state index < -0.39 is 11.6 Å². The Morgan fingerprint density at radius 1 is 1.12 bits per heavy atom. The van der Waals surface area contributed by atoms with E-state index in [4.69, 9.17) is 4.74 Å². The van der Waals surface area contributed by atoms with Crippen LogP contribution < -0.4 is 9.64 Å². The number of benzene rings is 2. The molecule has 0 saturated carbocycles. The fourth-order valence-corrected chi connectivity index (χ4v) is 6.23. The van der Waals surface area contributed by atoms with E-state index in [0.29, 0.717) is 54.1 Å². The molecule has 0 bridgehead atoms. The zero-order valence-electron chi connectivity index (χ0n) is 24.0. The van der Waals surface area contributed by atoms with Gasteiger partial charge in [0.2, 0.25) is 11.8 Å². The molecule has 0 unspecified atom stereocenters. The molecule has 0 N–H and O–H groups in total. The minimum atomic E-state index is -0.610. The molecule has 0 spiro atoms. The molecule has 2 aromatic carbocycles. The average Bonchev–Trinajstić information content (AvgIpc) is 3.43. The van der Waals surface area contributed by atoms with Crippen LogP contribution in [0, 0.1) is 23.0 Å². The van der Waals surface area contributed by atoms with Crippen LogP contribution in [-0.4, -0.2) is 77.6 Å². The molecule has 10 heteroatoms. The minimum Gasteiger partial charge on any atom is -0.476 e. The highest BCUT2D eigenvalue weighted by Crippen LogP contribution is 2.36. The van der Waals surface area contributed by atoms with Crippen molar-refractivity contribution in [3.05, 3.63) is 72.8 Å². The molecule has 2 aliphatic heterocycles. The lowest BCUT2D eigenvalue weighted by Crippen LogP contribution is -2.55. The summed E-state index contributed by atoms with van der Waals surface area (Å²) in [5, 5.41) is 10.9. The zero-order valence-corrected chi connectivity index (χ0v) is 24.0. The summed E-state index contributed by atoms with van der Waals surface area (Å²) in [5.74, 6) is -0.958. The molecule has 4 aromatic rings. The molecule has 0 aliphatic carbocycles. The third-order valence-corrected chi connectivity index (χ3v) is 8.52. The summed E-state index contributed by atoms with van der Waals surface area (Å²) in [6, 6.07) is 15.1. The third kappa shape index (κ3) is 5.48. The molecule has 2 atom stereocenters. The van der Waals surface area contributed by atoms with Crippen LogP contribution in [0.25, 0.3) is 33.1 Å². The topological polar surface area (TPSA) is 85.6 Å². The number of piperazine rings is 1. The zero-order chi connectivity index (χ0) is 30.1. The number of hydrogen-bond donors (Lipinski definition) is 0. The van der Waals surface area contributed by atoms with Crippen LogP contribution in [0.1, 0.15) is 19.3 Å². The Labute approximate surface area is 248 Å². The van der Waals surface area contributed by atoms with Gasteiger partial charge in [-0.2, -0.15) is 10.2 Å². The molecule has 4 heterocycles. The standard InChI is InChI=1S/C33H32F2N6O2/c1-3-30(42)41-16-15-40(19-22(41)12-13-36)28-18-29(43-20-23-9-6-14-39(23)2)37-33-25(28)17-27(35)32(38-33)24-10-4-7-21-8-5-11-26(34)31(21)24/h3-5,7-8,10-11,17-18,22-23H,1,6,9,12,14-16,19-20H2,2H3/t22-,23-/m0/s1. The van der Waals surface area contributed by atoms with Crippen LogP contribution in [0.2, 0.25) is 0 Å². The van der Waals surface area contributed by atoms with Crippen molar-refractivity contribution < 1.29 is 18.3 Å². The number of nitrogens with zero attached hydrogens (tertiary/aromatic N) is 6. The Bertz CT molecular complexity index is 1750. The van der Waals surface area contributed by atoms with Crippen molar-refractivity contribution in [2.24, 2.45) is 0 Å². The van der Waals surface area contributed by atoms with Crippen molar-refractivity contribution in [3.8, 4) is 23.2 Å². The predicted octanol–water partition coefficient (Wildman–Crippen LogP) is 5.32. The van der Waals surface area contributed by atoms with Crippen molar-refractivity contribution in [2.45, 2.75) is 31.3 Å². The second kappa shape index (κ2) is 11.9. The van der Waals surface area contributed by atoms with E-state index in [1.54, 1.807) is 41.3 Å². The highest BCUT2D eigenvalue weighted by molar-refractivity contribution is 5.98.